The van der Waals surface area contributed by atoms with E-state index in [1.54, 1.807) is 11.9 Å². The number of nitrogens with one attached hydrogen (secondary N) is 3. The van der Waals surface area contributed by atoms with Crippen LogP contribution in [0.3, 0.4) is 0 Å². The molecule has 7 nitrogen and oxygen atoms in total. The lowest BCUT2D eigenvalue weighted by molar-refractivity contribution is -0.138. The van der Waals surface area contributed by atoms with E-state index < -0.39 is 0 Å². The van der Waals surface area contributed by atoms with Gasteiger partial charge in [-0.05, 0) is 30.5 Å². The van der Waals surface area contributed by atoms with Crippen molar-refractivity contribution in [3.05, 3.63) is 29.8 Å². The molecular weight excluding hydrogens is 493 g/mol. The molecule has 2 amide bonds. The Morgan fingerprint density at radius 3 is 2.20 bits per heavy atom. The highest BCUT2D eigenvalue weighted by Gasteiger charge is 2.42. The zero-order chi connectivity index (χ0) is 21.4. The number of carbonyl (C=O) groups excluding carboxylic acids is 2. The molecule has 1 fully saturated rings. The van der Waals surface area contributed by atoms with Gasteiger partial charge in [0.1, 0.15) is 0 Å². The van der Waals surface area contributed by atoms with E-state index in [0.29, 0.717) is 19.0 Å². The van der Waals surface area contributed by atoms with Crippen molar-refractivity contribution < 1.29 is 9.59 Å². The molecule has 3 N–H and O–H groups in total. The fraction of sp³-hybridized carbons (Fsp3) is 0.591. The SMILES string of the molecule is CN=C(NCc1ccc(NC(=O)C(C)C)cc1)NCC1(C(=O)N(C)C)CCCC1.I. The Morgan fingerprint density at radius 2 is 1.70 bits per heavy atom. The Bertz CT molecular complexity index is 726. The summed E-state index contributed by atoms with van der Waals surface area (Å²) in [7, 11) is 5.38. The van der Waals surface area contributed by atoms with Crippen LogP contribution in [0, 0.1) is 11.3 Å². The molecule has 1 aromatic carbocycles. The lowest BCUT2D eigenvalue weighted by Crippen LogP contribution is -2.49. The third kappa shape index (κ3) is 7.14. The Morgan fingerprint density at radius 1 is 1.10 bits per heavy atom. The van der Waals surface area contributed by atoms with Crippen LogP contribution < -0.4 is 16.0 Å². The van der Waals surface area contributed by atoms with Crippen LogP contribution in [0.2, 0.25) is 0 Å². The Balaban J connectivity index is 0.00000450. The topological polar surface area (TPSA) is 85.8 Å². The number of anilines is 1. The molecule has 0 bridgehead atoms. The number of nitrogens with zero attached hydrogens (tertiary/aromatic N) is 2. The van der Waals surface area contributed by atoms with Gasteiger partial charge in [0.05, 0.1) is 5.41 Å². The normalized spacial score (nSPS) is 15.3. The summed E-state index contributed by atoms with van der Waals surface area (Å²) in [6, 6.07) is 7.75. The molecule has 2 rings (SSSR count). The van der Waals surface area contributed by atoms with Gasteiger partial charge < -0.3 is 20.9 Å². The molecule has 1 saturated carbocycles. The molecule has 1 aromatic rings. The number of carbonyl (C=O) groups is 2. The van der Waals surface area contributed by atoms with Crippen molar-refractivity contribution >= 4 is 47.4 Å². The van der Waals surface area contributed by atoms with E-state index in [2.05, 4.69) is 20.9 Å². The van der Waals surface area contributed by atoms with E-state index in [0.717, 1.165) is 36.9 Å². The van der Waals surface area contributed by atoms with Gasteiger partial charge in [0.15, 0.2) is 5.96 Å². The predicted octanol–water partition coefficient (Wildman–Crippen LogP) is 3.21. The molecule has 0 saturated heterocycles. The van der Waals surface area contributed by atoms with Gasteiger partial charge in [-0.25, -0.2) is 0 Å². The highest BCUT2D eigenvalue weighted by molar-refractivity contribution is 14.0. The summed E-state index contributed by atoms with van der Waals surface area (Å²) in [5.41, 5.74) is 1.54. The van der Waals surface area contributed by atoms with E-state index in [1.807, 2.05) is 52.2 Å². The van der Waals surface area contributed by atoms with Crippen molar-refractivity contribution in [1.29, 1.82) is 0 Å². The smallest absolute Gasteiger partial charge is 0.230 e. The minimum absolute atomic E-state index is 0. The second-order valence-corrected chi connectivity index (χ2v) is 8.31. The molecular formula is C22H36IN5O2. The van der Waals surface area contributed by atoms with Crippen LogP contribution in [0.1, 0.15) is 45.1 Å². The standard InChI is InChI=1S/C22H35N5O2.HI/c1-16(2)19(28)26-18-10-8-17(9-11-18)14-24-21(23-3)25-15-22(12-6-7-13-22)20(29)27(4)5;/h8-11,16H,6-7,12-15H2,1-5H3,(H,26,28)(H2,23,24,25);1H. The van der Waals surface area contributed by atoms with Gasteiger partial charge in [-0.3, -0.25) is 14.6 Å². The molecule has 168 valence electrons. The van der Waals surface area contributed by atoms with Gasteiger partial charge in [0, 0.05) is 45.8 Å². The van der Waals surface area contributed by atoms with E-state index in [9.17, 15) is 9.59 Å². The van der Waals surface area contributed by atoms with Gasteiger partial charge in [0.2, 0.25) is 11.8 Å². The lowest BCUT2D eigenvalue weighted by atomic mass is 9.84. The Labute approximate surface area is 197 Å². The first-order valence-corrected chi connectivity index (χ1v) is 10.3. The zero-order valence-electron chi connectivity index (χ0n) is 18.7. The van der Waals surface area contributed by atoms with E-state index in [-0.39, 0.29) is 47.1 Å². The Kier molecular flexibility index (Phi) is 10.6. The molecule has 0 aliphatic heterocycles. The van der Waals surface area contributed by atoms with E-state index in [1.165, 1.54) is 0 Å². The minimum Gasteiger partial charge on any atom is -0.355 e. The van der Waals surface area contributed by atoms with Crippen molar-refractivity contribution in [3.63, 3.8) is 0 Å². The van der Waals surface area contributed by atoms with Crippen LogP contribution in [0.25, 0.3) is 0 Å². The number of guanidine groups is 1. The van der Waals surface area contributed by atoms with Gasteiger partial charge in [0.25, 0.3) is 0 Å². The highest BCUT2D eigenvalue weighted by atomic mass is 127. The number of benzene rings is 1. The minimum atomic E-state index is -0.336. The van der Waals surface area contributed by atoms with Crippen LogP contribution in [0.4, 0.5) is 5.69 Å². The van der Waals surface area contributed by atoms with Gasteiger partial charge >= 0.3 is 0 Å². The monoisotopic (exact) mass is 529 g/mol. The Hall–Kier alpha value is -1.84. The zero-order valence-corrected chi connectivity index (χ0v) is 21.1. The number of rotatable bonds is 7. The van der Waals surface area contributed by atoms with E-state index >= 15 is 0 Å². The molecule has 1 aliphatic rings. The summed E-state index contributed by atoms with van der Waals surface area (Å²) in [5, 5.41) is 9.53. The summed E-state index contributed by atoms with van der Waals surface area (Å²) in [6.07, 6.45) is 4.01. The molecule has 0 unspecified atom stereocenters. The summed E-state index contributed by atoms with van der Waals surface area (Å²) < 4.78 is 0. The summed E-state index contributed by atoms with van der Waals surface area (Å²) >= 11 is 0. The quantitative estimate of drug-likeness (QED) is 0.288. The number of hydrogen-bond donors (Lipinski definition) is 3. The molecule has 30 heavy (non-hydrogen) atoms. The molecule has 0 heterocycles. The first-order chi connectivity index (χ1) is 13.8. The van der Waals surface area contributed by atoms with Crippen molar-refractivity contribution in [1.82, 2.24) is 15.5 Å². The average Bonchev–Trinajstić information content (AvgIpc) is 3.18. The van der Waals surface area contributed by atoms with Gasteiger partial charge in [-0.1, -0.05) is 38.8 Å². The molecule has 0 aromatic heterocycles. The highest BCUT2D eigenvalue weighted by Crippen LogP contribution is 2.38. The summed E-state index contributed by atoms with van der Waals surface area (Å²) in [6.45, 7) is 4.93. The number of amides is 2. The fourth-order valence-electron chi connectivity index (χ4n) is 3.64. The molecule has 1 aliphatic carbocycles. The van der Waals surface area contributed by atoms with Crippen LogP contribution in [0.5, 0.6) is 0 Å². The third-order valence-corrected chi connectivity index (χ3v) is 5.44. The van der Waals surface area contributed by atoms with Crippen LogP contribution in [0.15, 0.2) is 29.3 Å². The summed E-state index contributed by atoms with van der Waals surface area (Å²) in [4.78, 5) is 30.5. The molecule has 0 radical (unpaired) electrons. The van der Waals surface area contributed by atoms with E-state index in [4.69, 9.17) is 0 Å². The first kappa shape index (κ1) is 26.2. The average molecular weight is 529 g/mol. The maximum absolute atomic E-state index is 12.7. The molecule has 0 atom stereocenters. The van der Waals surface area contributed by atoms with Crippen LogP contribution in [-0.4, -0.2) is 50.4 Å². The van der Waals surface area contributed by atoms with Crippen LogP contribution >= 0.6 is 24.0 Å². The first-order valence-electron chi connectivity index (χ1n) is 10.3. The molecule has 0 spiro atoms. The van der Waals surface area contributed by atoms with Crippen molar-refractivity contribution in [3.8, 4) is 0 Å². The fourth-order valence-corrected chi connectivity index (χ4v) is 3.64. The number of hydrogen-bond acceptors (Lipinski definition) is 3. The largest absolute Gasteiger partial charge is 0.355 e. The van der Waals surface area contributed by atoms with Crippen LogP contribution in [-0.2, 0) is 16.1 Å². The number of aliphatic imine (C=N–C) groups is 1. The maximum atomic E-state index is 12.7. The molecule has 8 heteroatoms. The second kappa shape index (κ2) is 12.1. The van der Waals surface area contributed by atoms with Gasteiger partial charge in [-0.2, -0.15) is 0 Å². The summed E-state index contributed by atoms with van der Waals surface area (Å²) in [5.74, 6) is 0.832. The van der Waals surface area contributed by atoms with Crippen molar-refractivity contribution in [2.45, 2.75) is 46.1 Å². The lowest BCUT2D eigenvalue weighted by Gasteiger charge is -2.31. The second-order valence-electron chi connectivity index (χ2n) is 8.31. The van der Waals surface area contributed by atoms with Gasteiger partial charge in [-0.15, -0.1) is 24.0 Å². The van der Waals surface area contributed by atoms with Crippen molar-refractivity contribution in [2.75, 3.05) is 33.0 Å². The predicted molar refractivity (Wildman–Crippen MR) is 133 cm³/mol. The number of halogens is 1. The maximum Gasteiger partial charge on any atom is 0.230 e. The van der Waals surface area contributed by atoms with Crippen molar-refractivity contribution in [2.24, 2.45) is 16.3 Å². The third-order valence-electron chi connectivity index (χ3n) is 5.44.